The maximum absolute atomic E-state index is 12.6. The van der Waals surface area contributed by atoms with E-state index in [0.29, 0.717) is 18.1 Å². The number of piperidine rings is 1. The maximum atomic E-state index is 12.6. The number of amides is 1. The van der Waals surface area contributed by atoms with Crippen LogP contribution in [0.5, 0.6) is 0 Å². The third kappa shape index (κ3) is 2.22. The molecule has 4 heteroatoms. The van der Waals surface area contributed by atoms with Crippen LogP contribution in [0.4, 0.5) is 0 Å². The lowest BCUT2D eigenvalue weighted by Gasteiger charge is -2.57. The number of rotatable bonds is 3. The van der Waals surface area contributed by atoms with E-state index in [-0.39, 0.29) is 5.91 Å². The predicted octanol–water partition coefficient (Wildman–Crippen LogP) is 1.95. The topological polar surface area (TPSA) is 36.4 Å². The monoisotopic (exact) mass is 273 g/mol. The number of carbonyl (C=O) groups is 1. The first-order chi connectivity index (χ1) is 9.60. The average Bonchev–Trinajstić information content (AvgIpc) is 2.47. The summed E-state index contributed by atoms with van der Waals surface area (Å²) in [5.74, 6) is 0.157. The standard InChI is InChI=1S/C16H23N3O/c1-4-13-6-5-12(8-17-13)16(20)19-14-7-15(19)10-18(9-14)11(2)3/h5-6,8,11,14-15H,4,7,9-10H2,1-3H3. The smallest absolute Gasteiger partial charge is 0.256 e. The Bertz CT molecular complexity index is 485. The number of nitrogens with zero attached hydrogens (tertiary/aromatic N) is 3. The van der Waals surface area contributed by atoms with Crippen LogP contribution in [0.3, 0.4) is 0 Å². The van der Waals surface area contributed by atoms with Crippen LogP contribution >= 0.6 is 0 Å². The molecule has 3 heterocycles. The summed E-state index contributed by atoms with van der Waals surface area (Å²) in [7, 11) is 0. The second-order valence-corrected chi connectivity index (χ2v) is 6.20. The molecule has 0 aliphatic carbocycles. The Kier molecular flexibility index (Phi) is 3.50. The van der Waals surface area contributed by atoms with Gasteiger partial charge in [-0.2, -0.15) is 0 Å². The SMILES string of the molecule is CCc1ccc(C(=O)N2C3CC2CN(C(C)C)C3)cn1. The average molecular weight is 273 g/mol. The first-order valence-electron chi connectivity index (χ1n) is 7.61. The number of aromatic nitrogens is 1. The molecule has 2 aliphatic rings. The molecule has 108 valence electrons. The summed E-state index contributed by atoms with van der Waals surface area (Å²) in [5.41, 5.74) is 1.77. The molecule has 0 N–H and O–H groups in total. The highest BCUT2D eigenvalue weighted by molar-refractivity contribution is 5.95. The molecule has 0 saturated carbocycles. The summed E-state index contributed by atoms with van der Waals surface area (Å²) in [5, 5.41) is 0. The summed E-state index contributed by atoms with van der Waals surface area (Å²) in [6.07, 6.45) is 3.80. The third-order valence-corrected chi connectivity index (χ3v) is 4.62. The number of hydrogen-bond acceptors (Lipinski definition) is 3. The number of carbonyl (C=O) groups excluding carboxylic acids is 1. The summed E-state index contributed by atoms with van der Waals surface area (Å²) < 4.78 is 0. The molecular formula is C16H23N3O. The van der Waals surface area contributed by atoms with Gasteiger partial charge in [0.15, 0.2) is 0 Å². The lowest BCUT2D eigenvalue weighted by molar-refractivity contribution is -0.0563. The fourth-order valence-corrected chi connectivity index (χ4v) is 3.30. The highest BCUT2D eigenvalue weighted by Gasteiger charge is 2.47. The van der Waals surface area contributed by atoms with Crippen LogP contribution in [0.1, 0.15) is 43.2 Å². The molecule has 0 spiro atoms. The fourth-order valence-electron chi connectivity index (χ4n) is 3.30. The van der Waals surface area contributed by atoms with Crippen molar-refractivity contribution in [3.63, 3.8) is 0 Å². The number of likely N-dealkylation sites (tertiary alicyclic amines) is 2. The molecule has 1 amide bonds. The van der Waals surface area contributed by atoms with Gasteiger partial charge in [0.05, 0.1) is 5.56 Å². The Balaban J connectivity index is 1.70. The van der Waals surface area contributed by atoms with Crippen LogP contribution in [0.25, 0.3) is 0 Å². The molecule has 2 saturated heterocycles. The Morgan fingerprint density at radius 2 is 2.05 bits per heavy atom. The van der Waals surface area contributed by atoms with E-state index in [2.05, 4.69) is 35.6 Å². The second kappa shape index (κ2) is 5.17. The first kappa shape index (κ1) is 13.6. The molecule has 2 fully saturated rings. The molecule has 0 aromatic carbocycles. The van der Waals surface area contributed by atoms with Gasteiger partial charge < -0.3 is 4.90 Å². The van der Waals surface area contributed by atoms with Crippen LogP contribution in [0.2, 0.25) is 0 Å². The number of hydrogen-bond donors (Lipinski definition) is 0. The molecule has 2 aliphatic heterocycles. The summed E-state index contributed by atoms with van der Waals surface area (Å²) in [6.45, 7) is 8.56. The highest BCUT2D eigenvalue weighted by atomic mass is 16.2. The molecule has 1 aromatic heterocycles. The van der Waals surface area contributed by atoms with E-state index in [4.69, 9.17) is 0 Å². The normalized spacial score (nSPS) is 25.7. The number of pyridine rings is 1. The van der Waals surface area contributed by atoms with Gasteiger partial charge in [-0.25, -0.2) is 0 Å². The molecule has 4 nitrogen and oxygen atoms in total. The van der Waals surface area contributed by atoms with Gasteiger partial charge in [0.25, 0.3) is 5.91 Å². The summed E-state index contributed by atoms with van der Waals surface area (Å²) in [6, 6.07) is 5.25. The van der Waals surface area contributed by atoms with Crippen molar-refractivity contribution >= 4 is 5.91 Å². The van der Waals surface area contributed by atoms with Crippen molar-refractivity contribution in [2.45, 2.75) is 51.7 Å². The zero-order valence-electron chi connectivity index (χ0n) is 12.5. The van der Waals surface area contributed by atoms with Gasteiger partial charge in [0, 0.05) is 43.1 Å². The van der Waals surface area contributed by atoms with Crippen molar-refractivity contribution in [1.29, 1.82) is 0 Å². The van der Waals surface area contributed by atoms with E-state index in [1.165, 1.54) is 0 Å². The van der Waals surface area contributed by atoms with Crippen LogP contribution in [0.15, 0.2) is 18.3 Å². The number of aryl methyl sites for hydroxylation is 1. The van der Waals surface area contributed by atoms with Gasteiger partial charge in [-0.15, -0.1) is 0 Å². The van der Waals surface area contributed by atoms with E-state index in [9.17, 15) is 4.79 Å². The molecule has 0 radical (unpaired) electrons. The van der Waals surface area contributed by atoms with Gasteiger partial charge in [-0.1, -0.05) is 6.92 Å². The zero-order chi connectivity index (χ0) is 14.3. The van der Waals surface area contributed by atoms with Crippen molar-refractivity contribution in [2.75, 3.05) is 13.1 Å². The first-order valence-corrected chi connectivity index (χ1v) is 7.61. The van der Waals surface area contributed by atoms with Crippen LogP contribution in [-0.4, -0.2) is 51.9 Å². The van der Waals surface area contributed by atoms with Crippen molar-refractivity contribution in [3.8, 4) is 0 Å². The summed E-state index contributed by atoms with van der Waals surface area (Å²) in [4.78, 5) is 21.5. The molecule has 2 unspecified atom stereocenters. The minimum atomic E-state index is 0.157. The maximum Gasteiger partial charge on any atom is 0.256 e. The minimum Gasteiger partial charge on any atom is -0.330 e. The lowest BCUT2D eigenvalue weighted by Crippen LogP contribution is -2.70. The summed E-state index contributed by atoms with van der Waals surface area (Å²) >= 11 is 0. The Labute approximate surface area is 120 Å². The predicted molar refractivity (Wildman–Crippen MR) is 78.7 cm³/mol. The van der Waals surface area contributed by atoms with Crippen LogP contribution in [0, 0.1) is 0 Å². The number of piperazine rings is 1. The van der Waals surface area contributed by atoms with Gasteiger partial charge in [0.2, 0.25) is 0 Å². The van der Waals surface area contributed by atoms with Crippen LogP contribution < -0.4 is 0 Å². The molecule has 20 heavy (non-hydrogen) atoms. The van der Waals surface area contributed by atoms with Gasteiger partial charge >= 0.3 is 0 Å². The van der Waals surface area contributed by atoms with Crippen molar-refractivity contribution in [3.05, 3.63) is 29.6 Å². The molecule has 3 rings (SSSR count). The van der Waals surface area contributed by atoms with E-state index >= 15 is 0 Å². The Morgan fingerprint density at radius 3 is 2.55 bits per heavy atom. The molecule has 2 atom stereocenters. The van der Waals surface area contributed by atoms with Crippen molar-refractivity contribution in [1.82, 2.24) is 14.8 Å². The third-order valence-electron chi connectivity index (χ3n) is 4.62. The minimum absolute atomic E-state index is 0.157. The van der Waals surface area contributed by atoms with Crippen molar-refractivity contribution < 1.29 is 4.79 Å². The van der Waals surface area contributed by atoms with E-state index < -0.39 is 0 Å². The van der Waals surface area contributed by atoms with E-state index in [0.717, 1.165) is 37.2 Å². The van der Waals surface area contributed by atoms with E-state index in [1.54, 1.807) is 6.20 Å². The zero-order valence-corrected chi connectivity index (χ0v) is 12.5. The lowest BCUT2D eigenvalue weighted by atomic mass is 9.86. The van der Waals surface area contributed by atoms with Gasteiger partial charge in [-0.3, -0.25) is 14.7 Å². The molecular weight excluding hydrogens is 250 g/mol. The Morgan fingerprint density at radius 1 is 1.35 bits per heavy atom. The van der Waals surface area contributed by atoms with Crippen molar-refractivity contribution in [2.24, 2.45) is 0 Å². The molecule has 2 bridgehead atoms. The second-order valence-electron chi connectivity index (χ2n) is 6.20. The van der Waals surface area contributed by atoms with Gasteiger partial charge in [0.1, 0.15) is 0 Å². The highest BCUT2D eigenvalue weighted by Crippen LogP contribution is 2.34. The molecule has 1 aromatic rings. The Hall–Kier alpha value is -1.42. The van der Waals surface area contributed by atoms with Gasteiger partial charge in [-0.05, 0) is 38.8 Å². The van der Waals surface area contributed by atoms with Crippen LogP contribution in [-0.2, 0) is 6.42 Å². The van der Waals surface area contributed by atoms with E-state index in [1.807, 2.05) is 12.1 Å². The fraction of sp³-hybridized carbons (Fsp3) is 0.625. The quantitative estimate of drug-likeness (QED) is 0.844. The largest absolute Gasteiger partial charge is 0.330 e. The number of fused-ring (bicyclic) bond motifs is 2.